The van der Waals surface area contributed by atoms with Gasteiger partial charge in [-0.05, 0) is 5.56 Å². The first-order valence-corrected chi connectivity index (χ1v) is 10.00. The number of anilines is 1. The molecule has 0 fully saturated rings. The summed E-state index contributed by atoms with van der Waals surface area (Å²) in [5.74, 6) is -0.135. The summed E-state index contributed by atoms with van der Waals surface area (Å²) in [7, 11) is 0. The Morgan fingerprint density at radius 2 is 2.00 bits per heavy atom. The number of nitrogens with one attached hydrogen (secondary N) is 1. The van der Waals surface area contributed by atoms with Gasteiger partial charge in [-0.15, -0.1) is 11.3 Å². The topological polar surface area (TPSA) is 90.0 Å². The lowest BCUT2D eigenvalue weighted by Crippen LogP contribution is -2.27. The van der Waals surface area contributed by atoms with Crippen LogP contribution in [0.4, 0.5) is 5.88 Å². The van der Waals surface area contributed by atoms with Gasteiger partial charge in [-0.3, -0.25) is 19.5 Å². The monoisotopic (exact) mass is 408 g/mol. The van der Waals surface area contributed by atoms with E-state index < -0.39 is 0 Å². The first-order valence-electron chi connectivity index (χ1n) is 9.12. The molecule has 29 heavy (non-hydrogen) atoms. The molecule has 148 valence electrons. The second kappa shape index (κ2) is 7.29. The highest BCUT2D eigenvalue weighted by molar-refractivity contribution is 7.17. The third-order valence-electron chi connectivity index (χ3n) is 4.50. The maximum atomic E-state index is 13.0. The number of amides is 1. The third kappa shape index (κ3) is 3.84. The quantitative estimate of drug-likeness (QED) is 0.550. The predicted molar refractivity (Wildman–Crippen MR) is 113 cm³/mol. The number of rotatable bonds is 4. The van der Waals surface area contributed by atoms with Crippen molar-refractivity contribution in [2.75, 3.05) is 5.32 Å². The number of nitrogens with zero attached hydrogens (tertiary/aromatic N) is 3. The van der Waals surface area contributed by atoms with Crippen molar-refractivity contribution in [2.24, 2.45) is 0 Å². The molecule has 0 bridgehead atoms. The molecular formula is C21H20N4O3S. The number of carbonyl (C=O) groups excluding carboxylic acids is 1. The van der Waals surface area contributed by atoms with Gasteiger partial charge in [0.15, 0.2) is 0 Å². The van der Waals surface area contributed by atoms with E-state index in [1.807, 2.05) is 56.5 Å². The van der Waals surface area contributed by atoms with Crippen LogP contribution in [0.25, 0.3) is 21.3 Å². The number of benzene rings is 1. The van der Waals surface area contributed by atoms with Gasteiger partial charge in [0.25, 0.3) is 5.56 Å². The minimum Gasteiger partial charge on any atom is -0.338 e. The van der Waals surface area contributed by atoms with Crippen LogP contribution in [0.3, 0.4) is 0 Å². The average Bonchev–Trinajstić information content (AvgIpc) is 3.32. The summed E-state index contributed by atoms with van der Waals surface area (Å²) in [5.41, 5.74) is 2.06. The molecule has 0 radical (unpaired) electrons. The molecule has 0 saturated heterocycles. The molecule has 4 aromatic rings. The van der Waals surface area contributed by atoms with E-state index in [1.165, 1.54) is 22.2 Å². The molecule has 0 saturated carbocycles. The lowest BCUT2D eigenvalue weighted by atomic mass is 9.92. The van der Waals surface area contributed by atoms with Crippen molar-refractivity contribution in [3.05, 3.63) is 64.2 Å². The van der Waals surface area contributed by atoms with E-state index in [0.29, 0.717) is 10.2 Å². The van der Waals surface area contributed by atoms with Gasteiger partial charge in [-0.25, -0.2) is 4.98 Å². The fourth-order valence-corrected chi connectivity index (χ4v) is 3.84. The number of carbonyl (C=O) groups is 1. The van der Waals surface area contributed by atoms with E-state index in [1.54, 1.807) is 6.07 Å². The molecule has 3 heterocycles. The van der Waals surface area contributed by atoms with Crippen LogP contribution >= 0.6 is 11.3 Å². The summed E-state index contributed by atoms with van der Waals surface area (Å²) in [6.45, 7) is 5.84. The van der Waals surface area contributed by atoms with E-state index in [0.717, 1.165) is 16.8 Å². The van der Waals surface area contributed by atoms with Gasteiger partial charge in [0.05, 0.1) is 17.4 Å². The van der Waals surface area contributed by atoms with Crippen LogP contribution in [0.2, 0.25) is 0 Å². The predicted octanol–water partition coefficient (Wildman–Crippen LogP) is 4.05. The molecule has 0 atom stereocenters. The van der Waals surface area contributed by atoms with Gasteiger partial charge < -0.3 is 4.52 Å². The Labute approximate surface area is 171 Å². The molecule has 0 aliphatic carbocycles. The smallest absolute Gasteiger partial charge is 0.263 e. The molecule has 8 heteroatoms. The summed E-state index contributed by atoms with van der Waals surface area (Å²) in [4.78, 5) is 30.5. The van der Waals surface area contributed by atoms with Crippen molar-refractivity contribution in [3.8, 4) is 11.1 Å². The summed E-state index contributed by atoms with van der Waals surface area (Å²) >= 11 is 1.41. The van der Waals surface area contributed by atoms with Crippen LogP contribution in [0.5, 0.6) is 0 Å². The van der Waals surface area contributed by atoms with Crippen molar-refractivity contribution >= 4 is 33.3 Å². The fraction of sp³-hybridized carbons (Fsp3) is 0.238. The number of thiophene rings is 1. The Kier molecular flexibility index (Phi) is 4.79. The van der Waals surface area contributed by atoms with Crippen molar-refractivity contribution in [3.63, 3.8) is 0 Å². The first kappa shape index (κ1) is 19.1. The third-order valence-corrected chi connectivity index (χ3v) is 5.39. The Morgan fingerprint density at radius 1 is 1.24 bits per heavy atom. The zero-order valence-corrected chi connectivity index (χ0v) is 17.1. The molecule has 0 unspecified atom stereocenters. The Balaban J connectivity index is 1.60. The maximum absolute atomic E-state index is 13.0. The van der Waals surface area contributed by atoms with Crippen LogP contribution in [0.1, 0.15) is 26.5 Å². The minimum absolute atomic E-state index is 0.169. The van der Waals surface area contributed by atoms with E-state index in [-0.39, 0.29) is 29.3 Å². The lowest BCUT2D eigenvalue weighted by Gasteiger charge is -2.12. The standard InChI is InChI=1S/C21H20N4O3S/c1-21(2,3)15-9-17(28-24-15)23-16(26)10-25-12-22-19-18(20(25)27)14(11-29-19)13-7-5-4-6-8-13/h4-9,11-12H,10H2,1-3H3,(H,23,26). The van der Waals surface area contributed by atoms with Crippen molar-refractivity contribution in [1.29, 1.82) is 0 Å². The molecule has 0 aliphatic heterocycles. The second-order valence-corrected chi connectivity index (χ2v) is 8.61. The zero-order chi connectivity index (χ0) is 20.6. The second-order valence-electron chi connectivity index (χ2n) is 7.75. The highest BCUT2D eigenvalue weighted by atomic mass is 32.1. The van der Waals surface area contributed by atoms with Crippen LogP contribution in [-0.2, 0) is 16.8 Å². The van der Waals surface area contributed by atoms with Gasteiger partial charge in [0.2, 0.25) is 11.8 Å². The molecule has 1 N–H and O–H groups in total. The highest BCUT2D eigenvalue weighted by Gasteiger charge is 2.20. The minimum atomic E-state index is -0.388. The van der Waals surface area contributed by atoms with E-state index in [9.17, 15) is 9.59 Å². The number of fused-ring (bicyclic) bond motifs is 1. The van der Waals surface area contributed by atoms with Gasteiger partial charge >= 0.3 is 0 Å². The largest absolute Gasteiger partial charge is 0.338 e. The molecular weight excluding hydrogens is 388 g/mol. The number of hydrogen-bond acceptors (Lipinski definition) is 6. The van der Waals surface area contributed by atoms with Crippen LogP contribution in [-0.4, -0.2) is 20.6 Å². The SMILES string of the molecule is CC(C)(C)c1cc(NC(=O)Cn2cnc3scc(-c4ccccc4)c3c2=O)on1. The molecule has 0 spiro atoms. The Hall–Kier alpha value is -3.26. The highest BCUT2D eigenvalue weighted by Crippen LogP contribution is 2.30. The summed E-state index contributed by atoms with van der Waals surface area (Å²) < 4.78 is 6.48. The number of aromatic nitrogens is 3. The van der Waals surface area contributed by atoms with Gasteiger partial charge in [-0.2, -0.15) is 0 Å². The number of hydrogen-bond donors (Lipinski definition) is 1. The Bertz CT molecular complexity index is 1230. The zero-order valence-electron chi connectivity index (χ0n) is 16.3. The summed E-state index contributed by atoms with van der Waals surface area (Å²) in [6, 6.07) is 11.3. The van der Waals surface area contributed by atoms with Crippen molar-refractivity contribution < 1.29 is 9.32 Å². The molecule has 1 aromatic carbocycles. The van der Waals surface area contributed by atoms with E-state index in [2.05, 4.69) is 15.5 Å². The molecule has 1 amide bonds. The molecule has 4 rings (SSSR count). The molecule has 3 aromatic heterocycles. The van der Waals surface area contributed by atoms with Crippen LogP contribution in [0, 0.1) is 0 Å². The van der Waals surface area contributed by atoms with Crippen LogP contribution < -0.4 is 10.9 Å². The van der Waals surface area contributed by atoms with E-state index in [4.69, 9.17) is 4.52 Å². The summed E-state index contributed by atoms with van der Waals surface area (Å²) in [5, 5.41) is 9.06. The van der Waals surface area contributed by atoms with Crippen LogP contribution in [0.15, 0.2) is 57.4 Å². The van der Waals surface area contributed by atoms with Gasteiger partial charge in [-0.1, -0.05) is 56.3 Å². The van der Waals surface area contributed by atoms with Crippen molar-refractivity contribution in [2.45, 2.75) is 32.7 Å². The molecule has 7 nitrogen and oxygen atoms in total. The Morgan fingerprint density at radius 3 is 2.69 bits per heavy atom. The summed E-state index contributed by atoms with van der Waals surface area (Å²) in [6.07, 6.45) is 1.40. The van der Waals surface area contributed by atoms with E-state index >= 15 is 0 Å². The fourth-order valence-electron chi connectivity index (χ4n) is 2.93. The van der Waals surface area contributed by atoms with Crippen molar-refractivity contribution in [1.82, 2.24) is 14.7 Å². The maximum Gasteiger partial charge on any atom is 0.263 e. The average molecular weight is 408 g/mol. The normalized spacial score (nSPS) is 11.7. The lowest BCUT2D eigenvalue weighted by molar-refractivity contribution is -0.116. The first-order chi connectivity index (χ1) is 13.8. The molecule has 0 aliphatic rings. The van der Waals surface area contributed by atoms with Gasteiger partial charge in [0.1, 0.15) is 11.4 Å². The van der Waals surface area contributed by atoms with Gasteiger partial charge in [0, 0.05) is 22.4 Å².